The quantitative estimate of drug-likeness (QED) is 0.548. The standard InChI is InChI=1S/C18H26FN3O.2CH2O2/c1-13(2)22-10-8-18(9-11-22,17(23)20-15-6-7-15)21-16-5-3-4-14(19)12-16;2*2-1-3/h3-5,12-13,15,21H,6-11H2,1-2H3,(H,20,23);2*1H,(H,2,3). The van der Waals surface area contributed by atoms with Gasteiger partial charge in [0.1, 0.15) is 11.4 Å². The van der Waals surface area contributed by atoms with E-state index >= 15 is 0 Å². The van der Waals surface area contributed by atoms with E-state index in [1.165, 1.54) is 12.1 Å². The lowest BCUT2D eigenvalue weighted by Crippen LogP contribution is -2.59. The smallest absolute Gasteiger partial charge is 0.290 e. The molecule has 8 nitrogen and oxygen atoms in total. The molecule has 0 unspecified atom stereocenters. The molecule has 2 fully saturated rings. The molecule has 2 aliphatic rings. The molecule has 1 saturated heterocycles. The van der Waals surface area contributed by atoms with Gasteiger partial charge in [0.2, 0.25) is 5.91 Å². The number of halogens is 1. The van der Waals surface area contributed by atoms with Crippen LogP contribution in [0.15, 0.2) is 24.3 Å². The second-order valence-electron chi connectivity index (χ2n) is 7.31. The molecule has 1 aliphatic heterocycles. The summed E-state index contributed by atoms with van der Waals surface area (Å²) in [5, 5.41) is 20.3. The van der Waals surface area contributed by atoms with Crippen LogP contribution in [0.4, 0.5) is 10.1 Å². The highest BCUT2D eigenvalue weighted by Crippen LogP contribution is 2.30. The molecule has 1 aliphatic carbocycles. The zero-order valence-corrected chi connectivity index (χ0v) is 16.8. The van der Waals surface area contributed by atoms with E-state index in [4.69, 9.17) is 19.8 Å². The molecule has 0 atom stereocenters. The van der Waals surface area contributed by atoms with Crippen LogP contribution in [0.5, 0.6) is 0 Å². The lowest BCUT2D eigenvalue weighted by Gasteiger charge is -2.43. The summed E-state index contributed by atoms with van der Waals surface area (Å²) < 4.78 is 13.5. The van der Waals surface area contributed by atoms with Crippen LogP contribution in [-0.4, -0.2) is 64.7 Å². The fourth-order valence-electron chi connectivity index (χ4n) is 3.22. The van der Waals surface area contributed by atoms with Crippen molar-refractivity contribution in [2.24, 2.45) is 0 Å². The number of carboxylic acid groups (broad SMARTS) is 2. The number of carbonyl (C=O) groups excluding carboxylic acids is 1. The van der Waals surface area contributed by atoms with Crippen LogP contribution >= 0.6 is 0 Å². The highest BCUT2D eigenvalue weighted by Gasteiger charge is 2.43. The lowest BCUT2D eigenvalue weighted by molar-refractivity contribution is -0.127. The number of anilines is 1. The number of likely N-dealkylation sites (tertiary alicyclic amines) is 1. The highest BCUT2D eigenvalue weighted by atomic mass is 19.1. The second-order valence-corrected chi connectivity index (χ2v) is 7.31. The van der Waals surface area contributed by atoms with Crippen molar-refractivity contribution in [1.82, 2.24) is 10.2 Å². The summed E-state index contributed by atoms with van der Waals surface area (Å²) in [5.74, 6) is -0.222. The Hall–Kier alpha value is -2.68. The molecule has 1 aromatic rings. The Kier molecular flexibility index (Phi) is 10.1. The summed E-state index contributed by atoms with van der Waals surface area (Å²) >= 11 is 0. The minimum atomic E-state index is -0.637. The predicted molar refractivity (Wildman–Crippen MR) is 107 cm³/mol. The lowest BCUT2D eigenvalue weighted by atomic mass is 9.85. The van der Waals surface area contributed by atoms with Gasteiger partial charge in [0.25, 0.3) is 12.9 Å². The fourth-order valence-corrected chi connectivity index (χ4v) is 3.22. The van der Waals surface area contributed by atoms with E-state index in [0.717, 1.165) is 38.8 Å². The molecule has 29 heavy (non-hydrogen) atoms. The van der Waals surface area contributed by atoms with Gasteiger partial charge in [0.05, 0.1) is 0 Å². The molecule has 9 heteroatoms. The van der Waals surface area contributed by atoms with Crippen molar-refractivity contribution < 1.29 is 29.0 Å². The van der Waals surface area contributed by atoms with Gasteiger partial charge in [-0.25, -0.2) is 4.39 Å². The third-order valence-corrected chi connectivity index (χ3v) is 4.94. The first kappa shape index (κ1) is 24.4. The van der Waals surface area contributed by atoms with Gasteiger partial charge < -0.3 is 25.7 Å². The molecular formula is C20H30FN3O5. The van der Waals surface area contributed by atoms with Crippen LogP contribution in [0.3, 0.4) is 0 Å². The van der Waals surface area contributed by atoms with Crippen molar-refractivity contribution in [3.8, 4) is 0 Å². The van der Waals surface area contributed by atoms with E-state index < -0.39 is 5.54 Å². The molecule has 1 aromatic carbocycles. The van der Waals surface area contributed by atoms with Crippen molar-refractivity contribution in [2.75, 3.05) is 18.4 Å². The number of amides is 1. The minimum absolute atomic E-state index is 0.0627. The highest BCUT2D eigenvalue weighted by molar-refractivity contribution is 5.90. The monoisotopic (exact) mass is 411 g/mol. The Bertz CT molecular complexity index is 653. The normalized spacial score (nSPS) is 17.7. The first-order valence-electron chi connectivity index (χ1n) is 9.56. The van der Waals surface area contributed by atoms with Gasteiger partial charge in [0, 0.05) is 30.9 Å². The fraction of sp³-hybridized carbons (Fsp3) is 0.550. The molecule has 1 saturated carbocycles. The maximum absolute atomic E-state index is 13.5. The number of benzene rings is 1. The Balaban J connectivity index is 0.000000626. The summed E-state index contributed by atoms with van der Waals surface area (Å²) in [6.45, 7) is 5.60. The van der Waals surface area contributed by atoms with Crippen molar-refractivity contribution in [3.05, 3.63) is 30.1 Å². The van der Waals surface area contributed by atoms with E-state index in [9.17, 15) is 9.18 Å². The average Bonchev–Trinajstić information content (AvgIpc) is 3.47. The van der Waals surface area contributed by atoms with Crippen LogP contribution in [-0.2, 0) is 14.4 Å². The van der Waals surface area contributed by atoms with E-state index in [2.05, 4.69) is 29.4 Å². The number of hydrogen-bond acceptors (Lipinski definition) is 5. The van der Waals surface area contributed by atoms with Gasteiger partial charge in [0.15, 0.2) is 0 Å². The number of hydrogen-bond donors (Lipinski definition) is 4. The summed E-state index contributed by atoms with van der Waals surface area (Å²) in [4.78, 5) is 32.0. The van der Waals surface area contributed by atoms with Crippen LogP contribution in [0.25, 0.3) is 0 Å². The SMILES string of the molecule is CC(C)N1CCC(Nc2cccc(F)c2)(C(=O)NC2CC2)CC1.O=CO.O=CO. The van der Waals surface area contributed by atoms with Crippen molar-refractivity contribution in [3.63, 3.8) is 0 Å². The van der Waals surface area contributed by atoms with Gasteiger partial charge in [-0.3, -0.25) is 14.4 Å². The Morgan fingerprint density at radius 3 is 2.21 bits per heavy atom. The molecule has 162 valence electrons. The zero-order valence-electron chi connectivity index (χ0n) is 16.8. The van der Waals surface area contributed by atoms with Crippen LogP contribution in [0.1, 0.15) is 39.5 Å². The Morgan fingerprint density at radius 1 is 1.21 bits per heavy atom. The predicted octanol–water partition coefficient (Wildman–Crippen LogP) is 2.16. The molecular weight excluding hydrogens is 381 g/mol. The maximum atomic E-state index is 13.5. The first-order valence-corrected chi connectivity index (χ1v) is 9.56. The van der Waals surface area contributed by atoms with Crippen molar-refractivity contribution >= 4 is 24.5 Å². The van der Waals surface area contributed by atoms with Gasteiger partial charge in [-0.15, -0.1) is 0 Å². The first-order chi connectivity index (χ1) is 13.8. The zero-order chi connectivity index (χ0) is 21.9. The van der Waals surface area contributed by atoms with E-state index in [1.807, 2.05) is 6.07 Å². The number of piperidine rings is 1. The van der Waals surface area contributed by atoms with Gasteiger partial charge in [-0.05, 0) is 57.7 Å². The van der Waals surface area contributed by atoms with Gasteiger partial charge >= 0.3 is 0 Å². The van der Waals surface area contributed by atoms with Crippen molar-refractivity contribution in [2.45, 2.75) is 57.2 Å². The Labute approximate surface area is 170 Å². The molecule has 4 N–H and O–H groups in total. The van der Waals surface area contributed by atoms with E-state index in [-0.39, 0.29) is 24.7 Å². The summed E-state index contributed by atoms with van der Waals surface area (Å²) in [5.41, 5.74) is 0.0378. The van der Waals surface area contributed by atoms with E-state index in [1.54, 1.807) is 6.07 Å². The molecule has 3 rings (SSSR count). The molecule has 0 radical (unpaired) electrons. The molecule has 0 bridgehead atoms. The topological polar surface area (TPSA) is 119 Å². The summed E-state index contributed by atoms with van der Waals surface area (Å²) in [6, 6.07) is 7.19. The van der Waals surface area contributed by atoms with Gasteiger partial charge in [-0.2, -0.15) is 0 Å². The number of carbonyl (C=O) groups is 3. The summed E-state index contributed by atoms with van der Waals surface area (Å²) in [6.07, 6.45) is 3.61. The molecule has 0 spiro atoms. The number of nitrogens with zero attached hydrogens (tertiary/aromatic N) is 1. The number of rotatable bonds is 5. The largest absolute Gasteiger partial charge is 0.483 e. The third-order valence-electron chi connectivity index (χ3n) is 4.94. The number of nitrogens with one attached hydrogen (secondary N) is 2. The summed E-state index contributed by atoms with van der Waals surface area (Å²) in [7, 11) is 0. The van der Waals surface area contributed by atoms with Crippen LogP contribution < -0.4 is 10.6 Å². The van der Waals surface area contributed by atoms with E-state index in [0.29, 0.717) is 17.8 Å². The van der Waals surface area contributed by atoms with Crippen molar-refractivity contribution in [1.29, 1.82) is 0 Å². The third kappa shape index (κ3) is 8.06. The van der Waals surface area contributed by atoms with Crippen LogP contribution in [0, 0.1) is 5.82 Å². The second kappa shape index (κ2) is 12.0. The Morgan fingerprint density at radius 2 is 1.76 bits per heavy atom. The minimum Gasteiger partial charge on any atom is -0.483 e. The molecule has 1 amide bonds. The molecule has 1 heterocycles. The van der Waals surface area contributed by atoms with Crippen LogP contribution in [0.2, 0.25) is 0 Å². The van der Waals surface area contributed by atoms with Gasteiger partial charge in [-0.1, -0.05) is 6.07 Å². The maximum Gasteiger partial charge on any atom is 0.290 e. The molecule has 0 aromatic heterocycles. The average molecular weight is 411 g/mol.